The SMILES string of the molecule is O=C(Cc1cccs1)N1CCC(C(=O)N2CCCCCC2)CC1. The Labute approximate surface area is 142 Å². The van der Waals surface area contributed by atoms with E-state index in [0.717, 1.165) is 56.7 Å². The smallest absolute Gasteiger partial charge is 0.227 e. The Bertz CT molecular complexity index is 513. The zero-order valence-electron chi connectivity index (χ0n) is 13.7. The quantitative estimate of drug-likeness (QED) is 0.853. The molecule has 0 N–H and O–H groups in total. The van der Waals surface area contributed by atoms with Gasteiger partial charge in [0.2, 0.25) is 11.8 Å². The molecule has 126 valence electrons. The fraction of sp³-hybridized carbons (Fsp3) is 0.667. The van der Waals surface area contributed by atoms with E-state index in [2.05, 4.69) is 4.90 Å². The van der Waals surface area contributed by atoms with Crippen molar-refractivity contribution in [3.63, 3.8) is 0 Å². The first-order chi connectivity index (χ1) is 11.2. The molecule has 2 fully saturated rings. The van der Waals surface area contributed by atoms with Crippen LogP contribution in [-0.2, 0) is 16.0 Å². The summed E-state index contributed by atoms with van der Waals surface area (Å²) in [4.78, 5) is 30.1. The summed E-state index contributed by atoms with van der Waals surface area (Å²) < 4.78 is 0. The van der Waals surface area contributed by atoms with Crippen molar-refractivity contribution in [3.8, 4) is 0 Å². The van der Waals surface area contributed by atoms with E-state index in [0.29, 0.717) is 12.3 Å². The number of carbonyl (C=O) groups excluding carboxylic acids is 2. The van der Waals surface area contributed by atoms with Crippen LogP contribution < -0.4 is 0 Å². The molecule has 3 heterocycles. The van der Waals surface area contributed by atoms with Crippen LogP contribution in [-0.4, -0.2) is 47.8 Å². The molecular weight excluding hydrogens is 308 g/mol. The summed E-state index contributed by atoms with van der Waals surface area (Å²) in [5.74, 6) is 0.657. The maximum atomic E-state index is 12.7. The minimum absolute atomic E-state index is 0.124. The molecule has 0 saturated carbocycles. The summed E-state index contributed by atoms with van der Waals surface area (Å²) in [5.41, 5.74) is 0. The van der Waals surface area contributed by atoms with E-state index in [9.17, 15) is 9.59 Å². The molecule has 5 heteroatoms. The van der Waals surface area contributed by atoms with Crippen LogP contribution in [0.5, 0.6) is 0 Å². The first kappa shape index (κ1) is 16.5. The first-order valence-corrected chi connectivity index (χ1v) is 9.71. The van der Waals surface area contributed by atoms with Gasteiger partial charge >= 0.3 is 0 Å². The highest BCUT2D eigenvalue weighted by molar-refractivity contribution is 7.10. The number of carbonyl (C=O) groups is 2. The molecule has 2 amide bonds. The van der Waals surface area contributed by atoms with Crippen LogP contribution in [0, 0.1) is 5.92 Å². The Hall–Kier alpha value is -1.36. The van der Waals surface area contributed by atoms with E-state index in [-0.39, 0.29) is 11.8 Å². The van der Waals surface area contributed by atoms with Gasteiger partial charge in [0.25, 0.3) is 0 Å². The van der Waals surface area contributed by atoms with Gasteiger partial charge in [-0.2, -0.15) is 0 Å². The topological polar surface area (TPSA) is 40.6 Å². The van der Waals surface area contributed by atoms with E-state index in [1.54, 1.807) is 11.3 Å². The predicted octanol–water partition coefficient (Wildman–Crippen LogP) is 2.93. The van der Waals surface area contributed by atoms with Gasteiger partial charge < -0.3 is 9.80 Å². The van der Waals surface area contributed by atoms with Crippen molar-refractivity contribution in [3.05, 3.63) is 22.4 Å². The summed E-state index contributed by atoms with van der Waals surface area (Å²) in [5, 5.41) is 2.01. The van der Waals surface area contributed by atoms with E-state index in [4.69, 9.17) is 0 Å². The number of thiophene rings is 1. The van der Waals surface area contributed by atoms with Crippen LogP contribution in [0.2, 0.25) is 0 Å². The zero-order chi connectivity index (χ0) is 16.1. The molecule has 0 aliphatic carbocycles. The van der Waals surface area contributed by atoms with Gasteiger partial charge in [0.1, 0.15) is 0 Å². The number of hydrogen-bond donors (Lipinski definition) is 0. The maximum absolute atomic E-state index is 12.7. The van der Waals surface area contributed by atoms with Gasteiger partial charge in [0.05, 0.1) is 6.42 Å². The summed E-state index contributed by atoms with van der Waals surface area (Å²) in [6.45, 7) is 3.32. The van der Waals surface area contributed by atoms with Crippen LogP contribution in [0.1, 0.15) is 43.4 Å². The summed E-state index contributed by atoms with van der Waals surface area (Å²) in [6.07, 6.45) is 6.94. The van der Waals surface area contributed by atoms with Gasteiger partial charge in [-0.05, 0) is 37.1 Å². The molecule has 3 rings (SSSR count). The highest BCUT2D eigenvalue weighted by Crippen LogP contribution is 2.22. The third-order valence-electron chi connectivity index (χ3n) is 5.02. The number of likely N-dealkylation sites (tertiary alicyclic amines) is 2. The molecule has 0 aromatic carbocycles. The van der Waals surface area contributed by atoms with Crippen LogP contribution in [0.25, 0.3) is 0 Å². The number of amides is 2. The largest absolute Gasteiger partial charge is 0.342 e. The summed E-state index contributed by atoms with van der Waals surface area (Å²) in [6, 6.07) is 4.00. The normalized spacial score (nSPS) is 20.3. The average molecular weight is 334 g/mol. The molecule has 23 heavy (non-hydrogen) atoms. The van der Waals surface area contributed by atoms with Crippen molar-refractivity contribution >= 4 is 23.2 Å². The highest BCUT2D eigenvalue weighted by atomic mass is 32.1. The maximum Gasteiger partial charge on any atom is 0.227 e. The standard InChI is InChI=1S/C18H26N2O2S/c21-17(14-16-6-5-13-23-16)19-11-7-15(8-12-19)18(22)20-9-3-1-2-4-10-20/h5-6,13,15H,1-4,7-12,14H2. The van der Waals surface area contributed by atoms with Crippen molar-refractivity contribution in [1.29, 1.82) is 0 Å². The Morgan fingerprint density at radius 2 is 1.70 bits per heavy atom. The van der Waals surface area contributed by atoms with Crippen molar-refractivity contribution in [1.82, 2.24) is 9.80 Å². The summed E-state index contributed by atoms with van der Waals surface area (Å²) >= 11 is 1.63. The molecule has 1 aromatic rings. The van der Waals surface area contributed by atoms with Crippen LogP contribution in [0.3, 0.4) is 0 Å². The third-order valence-corrected chi connectivity index (χ3v) is 5.90. The van der Waals surface area contributed by atoms with Gasteiger partial charge in [0, 0.05) is 37.0 Å². The molecule has 4 nitrogen and oxygen atoms in total. The Morgan fingerprint density at radius 1 is 1.00 bits per heavy atom. The number of rotatable bonds is 3. The fourth-order valence-corrected chi connectivity index (χ4v) is 4.29. The molecule has 0 spiro atoms. The van der Waals surface area contributed by atoms with Crippen LogP contribution in [0.4, 0.5) is 0 Å². The van der Waals surface area contributed by atoms with E-state index in [1.807, 2.05) is 22.4 Å². The minimum Gasteiger partial charge on any atom is -0.342 e. The van der Waals surface area contributed by atoms with Crippen molar-refractivity contribution in [2.75, 3.05) is 26.2 Å². The molecular formula is C18H26N2O2S. The van der Waals surface area contributed by atoms with Gasteiger partial charge in [0.15, 0.2) is 0 Å². The molecule has 0 bridgehead atoms. The molecule has 2 aliphatic heterocycles. The average Bonchev–Trinajstić information content (AvgIpc) is 2.94. The van der Waals surface area contributed by atoms with Gasteiger partial charge in [-0.25, -0.2) is 0 Å². The van der Waals surface area contributed by atoms with Crippen LogP contribution >= 0.6 is 11.3 Å². The predicted molar refractivity (Wildman–Crippen MR) is 92.4 cm³/mol. The lowest BCUT2D eigenvalue weighted by atomic mass is 9.95. The molecule has 0 unspecified atom stereocenters. The second-order valence-corrected chi connectivity index (χ2v) is 7.68. The number of hydrogen-bond acceptors (Lipinski definition) is 3. The monoisotopic (exact) mass is 334 g/mol. The minimum atomic E-state index is 0.124. The third kappa shape index (κ3) is 4.34. The Balaban J connectivity index is 1.47. The molecule has 0 radical (unpaired) electrons. The number of nitrogens with zero attached hydrogens (tertiary/aromatic N) is 2. The molecule has 2 saturated heterocycles. The van der Waals surface area contributed by atoms with E-state index >= 15 is 0 Å². The van der Waals surface area contributed by atoms with Crippen molar-refractivity contribution in [2.24, 2.45) is 5.92 Å². The Kier molecular flexibility index (Phi) is 5.70. The van der Waals surface area contributed by atoms with Crippen LogP contribution in [0.15, 0.2) is 17.5 Å². The first-order valence-electron chi connectivity index (χ1n) is 8.83. The fourth-order valence-electron chi connectivity index (χ4n) is 3.60. The van der Waals surface area contributed by atoms with Crippen molar-refractivity contribution < 1.29 is 9.59 Å². The summed E-state index contributed by atoms with van der Waals surface area (Å²) in [7, 11) is 0. The second kappa shape index (κ2) is 7.95. The van der Waals surface area contributed by atoms with Gasteiger partial charge in [-0.1, -0.05) is 18.9 Å². The molecule has 2 aliphatic rings. The van der Waals surface area contributed by atoms with E-state index < -0.39 is 0 Å². The van der Waals surface area contributed by atoms with Gasteiger partial charge in [-0.3, -0.25) is 9.59 Å². The second-order valence-electron chi connectivity index (χ2n) is 6.65. The number of piperidine rings is 1. The lowest BCUT2D eigenvalue weighted by molar-refractivity contribution is -0.140. The van der Waals surface area contributed by atoms with Crippen molar-refractivity contribution in [2.45, 2.75) is 44.9 Å². The lowest BCUT2D eigenvalue weighted by Gasteiger charge is -2.34. The lowest BCUT2D eigenvalue weighted by Crippen LogP contribution is -2.45. The molecule has 0 atom stereocenters. The van der Waals surface area contributed by atoms with E-state index in [1.165, 1.54) is 12.8 Å². The Morgan fingerprint density at radius 3 is 2.30 bits per heavy atom. The highest BCUT2D eigenvalue weighted by Gasteiger charge is 2.30. The zero-order valence-corrected chi connectivity index (χ0v) is 14.5. The van der Waals surface area contributed by atoms with Gasteiger partial charge in [-0.15, -0.1) is 11.3 Å². The molecule has 1 aromatic heterocycles.